The summed E-state index contributed by atoms with van der Waals surface area (Å²) in [5.74, 6) is -2.30. The van der Waals surface area contributed by atoms with Gasteiger partial charge in [-0.2, -0.15) is 40.2 Å². The predicted molar refractivity (Wildman–Crippen MR) is 211 cm³/mol. The smallest absolute Gasteiger partial charge is 0.296 e. The van der Waals surface area contributed by atoms with E-state index in [9.17, 15) is 53.9 Å². The van der Waals surface area contributed by atoms with Gasteiger partial charge in [0.15, 0.2) is 0 Å². The van der Waals surface area contributed by atoms with Crippen molar-refractivity contribution in [2.75, 3.05) is 0 Å². The van der Waals surface area contributed by atoms with Gasteiger partial charge in [0.2, 0.25) is 39.2 Å². The van der Waals surface area contributed by atoms with Gasteiger partial charge in [-0.15, -0.1) is 10.2 Å². The number of hydrogen-bond donors (Lipinski definition) is 10. The number of aliphatic hydroxyl groups is 1. The van der Waals surface area contributed by atoms with Gasteiger partial charge in [0.1, 0.15) is 37.4 Å². The molecule has 303 valence electrons. The zero-order chi connectivity index (χ0) is 42.4. The molecule has 0 bridgehead atoms. The summed E-state index contributed by atoms with van der Waals surface area (Å²) in [4.78, 5) is 36.3. The third kappa shape index (κ3) is 12.1. The molecule has 3 radical (unpaired) electrons. The minimum atomic E-state index is -5.38. The van der Waals surface area contributed by atoms with Gasteiger partial charge in [-0.1, -0.05) is 0 Å². The first-order valence-electron chi connectivity index (χ1n) is 14.9. The van der Waals surface area contributed by atoms with Crippen LogP contribution >= 0.6 is 23.2 Å². The Bertz CT molecular complexity index is 3200. The van der Waals surface area contributed by atoms with Crippen LogP contribution in [0.5, 0.6) is 5.88 Å². The maximum Gasteiger partial charge on any atom is 0.296 e. The number of nitrogens with one attached hydrogen (secondary N) is 5. The van der Waals surface area contributed by atoms with Gasteiger partial charge in [-0.25, -0.2) is 9.98 Å². The molecule has 3 aromatic heterocycles. The number of rotatable bonds is 10. The summed E-state index contributed by atoms with van der Waals surface area (Å²) in [5.41, 5.74) is -5.96. The van der Waals surface area contributed by atoms with Crippen LogP contribution < -0.4 is 22.4 Å². The summed E-state index contributed by atoms with van der Waals surface area (Å²) in [6.07, 6.45) is 0. The topological polar surface area (TPSA) is 409 Å². The van der Waals surface area contributed by atoms with Crippen LogP contribution in [0.1, 0.15) is 18.1 Å². The van der Waals surface area contributed by atoms with Crippen molar-refractivity contribution < 1.29 is 49.1 Å². The van der Waals surface area contributed by atoms with Gasteiger partial charge in [-0.05, 0) is 67.4 Å². The molecule has 60 heavy (non-hydrogen) atoms. The van der Waals surface area contributed by atoms with E-state index in [1.54, 1.807) is 0 Å². The van der Waals surface area contributed by atoms with Crippen LogP contribution in [-0.2, 0) is 36.9 Å². The Morgan fingerprint density at radius 3 is 1.95 bits per heavy atom. The number of aliphatic hydroxyl groups excluding tert-OH is 1. The molecule has 0 saturated heterocycles. The summed E-state index contributed by atoms with van der Waals surface area (Å²) < 4.78 is 105. The largest absolute Gasteiger partial charge is 0.493 e. The Kier molecular flexibility index (Phi) is 18.1. The molecule has 0 amide bonds. The first-order valence-corrected chi connectivity index (χ1v) is 20.0. The maximum absolute atomic E-state index is 12.7. The van der Waals surface area contributed by atoms with Crippen molar-refractivity contribution >= 4 is 171 Å². The van der Waals surface area contributed by atoms with Gasteiger partial charge in [0.25, 0.3) is 35.9 Å². The quantitative estimate of drug-likeness (QED) is 0.0305. The first-order chi connectivity index (χ1) is 26.4. The van der Waals surface area contributed by atoms with Crippen molar-refractivity contribution in [3.05, 3.63) is 79.2 Å². The van der Waals surface area contributed by atoms with E-state index in [-0.39, 0.29) is 129 Å². The molecule has 0 aliphatic rings. The molecular formula is C27H23Cl2N13Na3O12S3. The normalized spacial score (nSPS) is 12.4. The van der Waals surface area contributed by atoms with Gasteiger partial charge in [0, 0.05) is 106 Å². The van der Waals surface area contributed by atoms with Crippen LogP contribution in [0.4, 0.5) is 22.7 Å². The number of nitrogens with zero attached hydrogens (tertiary/aromatic N) is 8. The van der Waals surface area contributed by atoms with Crippen LogP contribution in [0.2, 0.25) is 10.6 Å². The number of aromatic hydroxyl groups is 1. The molecule has 0 fully saturated rings. The molecule has 0 aliphatic heterocycles. The number of aromatic nitrogens is 7. The predicted octanol–water partition coefficient (Wildman–Crippen LogP) is 0.866. The average molecular weight is 958 g/mol. The van der Waals surface area contributed by atoms with E-state index in [0.717, 1.165) is 18.2 Å². The van der Waals surface area contributed by atoms with Crippen LogP contribution in [0, 0.1) is 17.7 Å². The molecule has 25 nitrogen and oxygen atoms in total. The van der Waals surface area contributed by atoms with Crippen molar-refractivity contribution in [1.29, 1.82) is 10.8 Å². The summed E-state index contributed by atoms with van der Waals surface area (Å²) >= 11 is 12.0. The Morgan fingerprint density at radius 2 is 1.40 bits per heavy atom. The fourth-order valence-corrected chi connectivity index (χ4v) is 7.22. The zero-order valence-corrected chi connectivity index (χ0v) is 41.2. The number of benzene rings is 2. The van der Waals surface area contributed by atoms with Crippen molar-refractivity contribution in [2.24, 2.45) is 20.2 Å². The fraction of sp³-hybridized carbons (Fsp3) is 0.111. The molecule has 10 N–H and O–H groups in total. The van der Waals surface area contributed by atoms with E-state index in [0.29, 0.717) is 10.6 Å². The number of pyridine rings is 1. The number of aromatic amines is 3. The van der Waals surface area contributed by atoms with Crippen molar-refractivity contribution in [3.8, 4) is 17.3 Å². The second kappa shape index (κ2) is 20.4. The molecule has 33 heteroatoms. The van der Waals surface area contributed by atoms with Crippen molar-refractivity contribution in [2.45, 2.75) is 35.1 Å². The van der Waals surface area contributed by atoms with Gasteiger partial charge in [-0.3, -0.25) is 38.8 Å². The van der Waals surface area contributed by atoms with E-state index >= 15 is 0 Å². The zero-order valence-electron chi connectivity index (χ0n) is 31.2. The van der Waals surface area contributed by atoms with Crippen LogP contribution in [0.15, 0.2) is 70.0 Å². The molecular weight excluding hydrogens is 934 g/mol. The molecule has 0 saturated carbocycles. The average Bonchev–Trinajstić information content (AvgIpc) is 3.06. The van der Waals surface area contributed by atoms with Crippen LogP contribution in [0.3, 0.4) is 0 Å². The fourth-order valence-electron chi connectivity index (χ4n) is 4.93. The molecule has 5 aromatic rings. The van der Waals surface area contributed by atoms with Gasteiger partial charge in [0.05, 0.1) is 11.4 Å². The van der Waals surface area contributed by atoms with Crippen LogP contribution in [-0.4, -0.2) is 178 Å². The number of halogens is 2. The number of azo groups is 1. The summed E-state index contributed by atoms with van der Waals surface area (Å²) in [5, 5.41) is 42.4. The minimum absolute atomic E-state index is 0. The Hall–Kier alpha value is -3.01. The van der Waals surface area contributed by atoms with E-state index in [1.165, 1.54) is 13.8 Å². The number of H-pyrrole nitrogens is 3. The van der Waals surface area contributed by atoms with E-state index in [4.69, 9.17) is 34.0 Å². The second-order valence-electron chi connectivity index (χ2n) is 11.0. The number of hydrogen-bond acceptors (Lipinski definition) is 17. The Morgan fingerprint density at radius 1 is 0.817 bits per heavy atom. The van der Waals surface area contributed by atoms with Crippen molar-refractivity contribution in [3.63, 3.8) is 0 Å². The molecule has 0 atom stereocenters. The standard InChI is InChI=1S/C27H23Cl2N13O12S3.3Na/c1-3-42-21(44)17(19(30)43)9(2)18(22(42)45)41-40-13-7-12(15(56(49,50)51)8-16(13)57(52,53)54)33-26-35-20(34-23(28)37-26)10-4-5-14(55(46,47)48)11(6-10)32-27-38-24(29)36-25(31)39-27;;;/h4-8,45H,3H2,1-2H3,(H2,30,43)(H,46,47,48)(H,49,50,51)(H,52,53,54)(H,33,34,35,37)(H3,31,32,36,38,39);;;. The SMILES string of the molecule is CCn1c(O)c(N=Nc2cc(N=c3nc(Cl)nc(-c4ccc(S(=O)(=O)O)c(N=c5[nH]c(Cl)nc(=N)[nH]5)c4)[nH]3)c(S(=O)(=O)O)cc2S(=O)(=O)O)c(C)c(C(=N)O)c1=O.[Na].[Na].[Na]. The Balaban J connectivity index is 0.00000413. The van der Waals surface area contributed by atoms with E-state index in [1.807, 2.05) is 0 Å². The second-order valence-corrected chi connectivity index (χ2v) is 15.9. The van der Waals surface area contributed by atoms with Gasteiger partial charge >= 0.3 is 0 Å². The van der Waals surface area contributed by atoms with Crippen LogP contribution in [0.25, 0.3) is 11.4 Å². The maximum atomic E-state index is 12.7. The third-order valence-corrected chi connectivity index (χ3v) is 10.3. The molecule has 0 aliphatic carbocycles. The molecule has 0 spiro atoms. The van der Waals surface area contributed by atoms with Gasteiger partial charge < -0.3 is 20.2 Å². The van der Waals surface area contributed by atoms with Crippen molar-refractivity contribution in [1.82, 2.24) is 34.5 Å². The third-order valence-electron chi connectivity index (χ3n) is 7.33. The summed E-state index contributed by atoms with van der Waals surface area (Å²) in [7, 11) is -15.7. The monoisotopic (exact) mass is 956 g/mol. The summed E-state index contributed by atoms with van der Waals surface area (Å²) in [6, 6.07) is 3.96. The first kappa shape index (κ1) is 53.1. The summed E-state index contributed by atoms with van der Waals surface area (Å²) in [6.45, 7) is 2.40. The van der Waals surface area contributed by atoms with E-state index in [2.05, 4.69) is 50.1 Å². The molecule has 3 heterocycles. The minimum Gasteiger partial charge on any atom is -0.493 e. The molecule has 5 rings (SSSR count). The Labute approximate surface area is 412 Å². The molecule has 2 aromatic carbocycles. The van der Waals surface area contributed by atoms with E-state index < -0.39 is 107 Å². The molecule has 0 unspecified atom stereocenters.